The van der Waals surface area contributed by atoms with Gasteiger partial charge in [0.15, 0.2) is 0 Å². The van der Waals surface area contributed by atoms with Crippen molar-refractivity contribution in [2.24, 2.45) is 5.92 Å². The average Bonchev–Trinajstić information content (AvgIpc) is 2.69. The highest BCUT2D eigenvalue weighted by Crippen LogP contribution is 2.11. The molecule has 1 atom stereocenters. The molecule has 1 heterocycles. The summed E-state index contributed by atoms with van der Waals surface area (Å²) in [5.41, 5.74) is 0. The maximum Gasteiger partial charge on any atom is 0.319 e. The summed E-state index contributed by atoms with van der Waals surface area (Å²) in [5, 5.41) is 0. The van der Waals surface area contributed by atoms with Crippen molar-refractivity contribution in [2.45, 2.75) is 33.1 Å². The predicted octanol–water partition coefficient (Wildman–Crippen LogP) is 2.18. The molecule has 1 aliphatic rings. The standard InChI is InChI=1S/C11H22N2O/c1-4-10(2)9-12(3)11(14)13-7-5-6-8-13/h10H,4-9H2,1-3H3. The van der Waals surface area contributed by atoms with E-state index in [2.05, 4.69) is 13.8 Å². The van der Waals surface area contributed by atoms with Crippen LogP contribution in [0.4, 0.5) is 4.79 Å². The van der Waals surface area contributed by atoms with Gasteiger partial charge in [0.05, 0.1) is 0 Å². The van der Waals surface area contributed by atoms with Crippen LogP contribution in [-0.4, -0.2) is 42.5 Å². The second-order valence-electron chi connectivity index (χ2n) is 4.37. The lowest BCUT2D eigenvalue weighted by atomic mass is 10.1. The minimum Gasteiger partial charge on any atom is -0.327 e. The maximum atomic E-state index is 11.8. The van der Waals surface area contributed by atoms with E-state index in [1.807, 2.05) is 16.8 Å². The summed E-state index contributed by atoms with van der Waals surface area (Å²) in [7, 11) is 1.91. The third-order valence-electron chi connectivity index (χ3n) is 2.99. The first-order valence-corrected chi connectivity index (χ1v) is 5.65. The van der Waals surface area contributed by atoms with Crippen LogP contribution >= 0.6 is 0 Å². The summed E-state index contributed by atoms with van der Waals surface area (Å²) in [4.78, 5) is 15.7. The largest absolute Gasteiger partial charge is 0.327 e. The van der Waals surface area contributed by atoms with E-state index in [1.165, 1.54) is 12.8 Å². The van der Waals surface area contributed by atoms with Gasteiger partial charge in [0.2, 0.25) is 0 Å². The Balaban J connectivity index is 2.35. The first-order chi connectivity index (χ1) is 6.65. The van der Waals surface area contributed by atoms with Gasteiger partial charge in [-0.05, 0) is 18.8 Å². The van der Waals surface area contributed by atoms with Crippen LogP contribution in [0.25, 0.3) is 0 Å². The molecule has 1 unspecified atom stereocenters. The maximum absolute atomic E-state index is 11.8. The first-order valence-electron chi connectivity index (χ1n) is 5.65. The van der Waals surface area contributed by atoms with Crippen molar-refractivity contribution in [3.8, 4) is 0 Å². The highest BCUT2D eigenvalue weighted by molar-refractivity contribution is 5.74. The number of carbonyl (C=O) groups is 1. The van der Waals surface area contributed by atoms with Crippen molar-refractivity contribution in [1.29, 1.82) is 0 Å². The van der Waals surface area contributed by atoms with Gasteiger partial charge in [-0.2, -0.15) is 0 Å². The number of nitrogens with zero attached hydrogens (tertiary/aromatic N) is 2. The molecule has 2 amide bonds. The molecule has 1 fully saturated rings. The zero-order valence-corrected chi connectivity index (χ0v) is 9.62. The molecule has 0 aromatic heterocycles. The van der Waals surface area contributed by atoms with Gasteiger partial charge < -0.3 is 9.80 Å². The molecule has 0 radical (unpaired) electrons. The van der Waals surface area contributed by atoms with Crippen LogP contribution in [0.5, 0.6) is 0 Å². The molecule has 0 N–H and O–H groups in total. The number of hydrogen-bond donors (Lipinski definition) is 0. The average molecular weight is 198 g/mol. The Hall–Kier alpha value is -0.730. The van der Waals surface area contributed by atoms with Crippen molar-refractivity contribution >= 4 is 6.03 Å². The van der Waals surface area contributed by atoms with Crippen LogP contribution in [0.2, 0.25) is 0 Å². The summed E-state index contributed by atoms with van der Waals surface area (Å²) >= 11 is 0. The topological polar surface area (TPSA) is 23.6 Å². The zero-order valence-electron chi connectivity index (χ0n) is 9.62. The molecule has 0 saturated carbocycles. The highest BCUT2D eigenvalue weighted by atomic mass is 16.2. The van der Waals surface area contributed by atoms with Crippen molar-refractivity contribution in [3.63, 3.8) is 0 Å². The molecule has 1 aliphatic heterocycles. The third-order valence-corrected chi connectivity index (χ3v) is 2.99. The number of carbonyl (C=O) groups excluding carboxylic acids is 1. The Morgan fingerprint density at radius 1 is 1.43 bits per heavy atom. The van der Waals surface area contributed by atoms with Gasteiger partial charge in [0.1, 0.15) is 0 Å². The Kier molecular flexibility index (Phi) is 4.23. The molecule has 82 valence electrons. The van der Waals surface area contributed by atoms with E-state index in [1.54, 1.807) is 0 Å². The minimum atomic E-state index is 0.211. The van der Waals surface area contributed by atoms with Crippen molar-refractivity contribution in [2.75, 3.05) is 26.7 Å². The van der Waals surface area contributed by atoms with E-state index in [4.69, 9.17) is 0 Å². The van der Waals surface area contributed by atoms with Gasteiger partial charge in [0.25, 0.3) is 0 Å². The monoisotopic (exact) mass is 198 g/mol. The smallest absolute Gasteiger partial charge is 0.319 e. The normalized spacial score (nSPS) is 18.4. The van der Waals surface area contributed by atoms with Crippen LogP contribution in [0.3, 0.4) is 0 Å². The van der Waals surface area contributed by atoms with Crippen LogP contribution in [0.15, 0.2) is 0 Å². The fraction of sp³-hybridized carbons (Fsp3) is 0.909. The summed E-state index contributed by atoms with van der Waals surface area (Å²) in [6.45, 7) is 7.13. The SMILES string of the molecule is CCC(C)CN(C)C(=O)N1CCCC1. The summed E-state index contributed by atoms with van der Waals surface area (Å²) in [6, 6.07) is 0.211. The van der Waals surface area contributed by atoms with E-state index in [0.717, 1.165) is 26.1 Å². The van der Waals surface area contributed by atoms with E-state index in [-0.39, 0.29) is 6.03 Å². The van der Waals surface area contributed by atoms with E-state index >= 15 is 0 Å². The fourth-order valence-corrected chi connectivity index (χ4v) is 1.82. The lowest BCUT2D eigenvalue weighted by Gasteiger charge is -2.26. The summed E-state index contributed by atoms with van der Waals surface area (Å²) in [5.74, 6) is 0.603. The molecule has 0 aliphatic carbocycles. The van der Waals surface area contributed by atoms with Gasteiger partial charge >= 0.3 is 6.03 Å². The van der Waals surface area contributed by atoms with Crippen molar-refractivity contribution in [3.05, 3.63) is 0 Å². The molecular formula is C11H22N2O. The molecule has 0 aromatic carbocycles. The number of hydrogen-bond acceptors (Lipinski definition) is 1. The van der Waals surface area contributed by atoms with Gasteiger partial charge in [0, 0.05) is 26.7 Å². The predicted molar refractivity (Wildman–Crippen MR) is 58.3 cm³/mol. The van der Waals surface area contributed by atoms with Gasteiger partial charge in [-0.1, -0.05) is 20.3 Å². The van der Waals surface area contributed by atoms with Gasteiger partial charge in [-0.3, -0.25) is 0 Å². The Labute approximate surface area is 87.1 Å². The number of likely N-dealkylation sites (tertiary alicyclic amines) is 1. The molecule has 14 heavy (non-hydrogen) atoms. The van der Waals surface area contributed by atoms with Crippen LogP contribution in [0, 0.1) is 5.92 Å². The molecular weight excluding hydrogens is 176 g/mol. The molecule has 0 aromatic rings. The third kappa shape index (κ3) is 2.89. The number of urea groups is 1. The molecule has 1 rings (SSSR count). The van der Waals surface area contributed by atoms with Crippen molar-refractivity contribution in [1.82, 2.24) is 9.80 Å². The second kappa shape index (κ2) is 5.23. The Morgan fingerprint density at radius 2 is 2.00 bits per heavy atom. The van der Waals surface area contributed by atoms with E-state index in [9.17, 15) is 4.79 Å². The van der Waals surface area contributed by atoms with Crippen LogP contribution in [0.1, 0.15) is 33.1 Å². The van der Waals surface area contributed by atoms with Crippen molar-refractivity contribution < 1.29 is 4.79 Å². The quantitative estimate of drug-likeness (QED) is 0.682. The van der Waals surface area contributed by atoms with Gasteiger partial charge in [-0.25, -0.2) is 4.79 Å². The van der Waals surface area contributed by atoms with Crippen LogP contribution in [-0.2, 0) is 0 Å². The first kappa shape index (κ1) is 11.3. The molecule has 1 saturated heterocycles. The summed E-state index contributed by atoms with van der Waals surface area (Å²) < 4.78 is 0. The summed E-state index contributed by atoms with van der Waals surface area (Å²) in [6.07, 6.45) is 3.48. The molecule has 3 heteroatoms. The Morgan fingerprint density at radius 3 is 2.50 bits per heavy atom. The number of rotatable bonds is 3. The Bertz CT molecular complexity index is 188. The lowest BCUT2D eigenvalue weighted by Crippen LogP contribution is -2.41. The molecule has 0 bridgehead atoms. The lowest BCUT2D eigenvalue weighted by molar-refractivity contribution is 0.166. The van der Waals surface area contributed by atoms with Gasteiger partial charge in [-0.15, -0.1) is 0 Å². The number of amides is 2. The van der Waals surface area contributed by atoms with Crippen LogP contribution < -0.4 is 0 Å². The minimum absolute atomic E-state index is 0.211. The molecule has 3 nitrogen and oxygen atoms in total. The van der Waals surface area contributed by atoms with E-state index in [0.29, 0.717) is 5.92 Å². The highest BCUT2D eigenvalue weighted by Gasteiger charge is 2.21. The second-order valence-corrected chi connectivity index (χ2v) is 4.37. The van der Waals surface area contributed by atoms with E-state index < -0.39 is 0 Å². The zero-order chi connectivity index (χ0) is 10.6. The molecule has 0 spiro atoms. The fourth-order valence-electron chi connectivity index (χ4n) is 1.82.